The van der Waals surface area contributed by atoms with E-state index in [1.165, 1.54) is 12.1 Å². The monoisotopic (exact) mass is 296 g/mol. The molecule has 0 aliphatic carbocycles. The van der Waals surface area contributed by atoms with Gasteiger partial charge in [0.15, 0.2) is 11.4 Å². The van der Waals surface area contributed by atoms with Crippen LogP contribution in [0, 0.1) is 5.82 Å². The van der Waals surface area contributed by atoms with E-state index in [-0.39, 0.29) is 5.82 Å². The lowest BCUT2D eigenvalue weighted by Gasteiger charge is -2.04. The topological polar surface area (TPSA) is 65.4 Å². The van der Waals surface area contributed by atoms with Crippen molar-refractivity contribution < 1.29 is 9.13 Å². The second-order valence-electron chi connectivity index (χ2n) is 5.09. The Morgan fingerprint density at radius 1 is 1.14 bits per heavy atom. The molecule has 4 rings (SSSR count). The molecule has 3 aromatic rings. The van der Waals surface area contributed by atoms with E-state index in [0.717, 1.165) is 17.5 Å². The van der Waals surface area contributed by atoms with E-state index in [4.69, 9.17) is 10.5 Å². The average Bonchev–Trinajstić information content (AvgIpc) is 3.17. The molecule has 1 aliphatic heterocycles. The molecule has 0 fully saturated rings. The summed E-state index contributed by atoms with van der Waals surface area (Å²) >= 11 is 0. The first-order chi connectivity index (χ1) is 10.7. The third-order valence-corrected chi connectivity index (χ3v) is 3.57. The number of anilines is 1. The highest BCUT2D eigenvalue weighted by atomic mass is 19.1. The third-order valence-electron chi connectivity index (χ3n) is 3.57. The van der Waals surface area contributed by atoms with E-state index < -0.39 is 0 Å². The molecule has 0 saturated carbocycles. The van der Waals surface area contributed by atoms with E-state index in [0.29, 0.717) is 29.7 Å². The van der Waals surface area contributed by atoms with Gasteiger partial charge in [-0.2, -0.15) is 4.52 Å². The smallest absolute Gasteiger partial charge is 0.217 e. The van der Waals surface area contributed by atoms with Crippen LogP contribution >= 0.6 is 0 Å². The van der Waals surface area contributed by atoms with Crippen molar-refractivity contribution in [3.8, 4) is 11.1 Å². The number of benzene rings is 1. The fourth-order valence-electron chi connectivity index (χ4n) is 2.50. The lowest BCUT2D eigenvalue weighted by atomic mass is 10.1. The van der Waals surface area contributed by atoms with Crippen LogP contribution in [0.15, 0.2) is 42.5 Å². The fraction of sp³-hybridized carbons (Fsp3) is 0.125. The molecule has 0 spiro atoms. The van der Waals surface area contributed by atoms with Gasteiger partial charge in [0, 0.05) is 6.42 Å². The first-order valence-electron chi connectivity index (χ1n) is 6.96. The number of pyridine rings is 1. The van der Waals surface area contributed by atoms with Crippen molar-refractivity contribution in [1.82, 2.24) is 14.6 Å². The molecule has 1 aliphatic rings. The van der Waals surface area contributed by atoms with Crippen molar-refractivity contribution in [3.05, 3.63) is 54.1 Å². The summed E-state index contributed by atoms with van der Waals surface area (Å²) in [6, 6.07) is 9.92. The molecule has 0 bridgehead atoms. The van der Waals surface area contributed by atoms with E-state index in [9.17, 15) is 4.39 Å². The molecular weight excluding hydrogens is 283 g/mol. The normalized spacial score (nSPS) is 14.1. The van der Waals surface area contributed by atoms with Gasteiger partial charge in [-0.05, 0) is 41.5 Å². The number of ether oxygens (including phenoxy) is 1. The second kappa shape index (κ2) is 4.84. The first-order valence-corrected chi connectivity index (χ1v) is 6.96. The van der Waals surface area contributed by atoms with Gasteiger partial charge in [0.25, 0.3) is 0 Å². The molecule has 2 N–H and O–H groups in total. The van der Waals surface area contributed by atoms with Gasteiger partial charge in [-0.15, -0.1) is 5.10 Å². The number of hydrogen-bond donors (Lipinski definition) is 1. The second-order valence-corrected chi connectivity index (χ2v) is 5.09. The Morgan fingerprint density at radius 3 is 2.68 bits per heavy atom. The highest BCUT2D eigenvalue weighted by Crippen LogP contribution is 2.25. The standard InChI is InChI=1S/C16H13FN4O/c17-12-5-3-10(4-6-12)11-8-14(18)21-15(9-11)19-16(20-21)13-2-1-7-22-13/h2-6,8-9H,1,7,18H2. The van der Waals surface area contributed by atoms with E-state index >= 15 is 0 Å². The van der Waals surface area contributed by atoms with Crippen LogP contribution in [-0.2, 0) is 4.74 Å². The molecular formula is C16H13FN4O. The zero-order valence-corrected chi connectivity index (χ0v) is 11.7. The SMILES string of the molecule is Nc1cc(-c2ccc(F)cc2)cc2nc(C3=CCCO3)nn12. The van der Waals surface area contributed by atoms with Crippen molar-refractivity contribution in [2.45, 2.75) is 6.42 Å². The molecule has 0 saturated heterocycles. The summed E-state index contributed by atoms with van der Waals surface area (Å²) in [5, 5.41) is 4.37. The average molecular weight is 296 g/mol. The summed E-state index contributed by atoms with van der Waals surface area (Å²) in [4.78, 5) is 4.46. The van der Waals surface area contributed by atoms with Crippen LogP contribution in [0.1, 0.15) is 12.2 Å². The fourth-order valence-corrected chi connectivity index (χ4v) is 2.50. The van der Waals surface area contributed by atoms with Crippen LogP contribution in [0.3, 0.4) is 0 Å². The number of nitrogens with zero attached hydrogens (tertiary/aromatic N) is 3. The van der Waals surface area contributed by atoms with Crippen molar-refractivity contribution in [1.29, 1.82) is 0 Å². The van der Waals surface area contributed by atoms with Gasteiger partial charge >= 0.3 is 0 Å². The molecule has 3 heterocycles. The summed E-state index contributed by atoms with van der Waals surface area (Å²) in [6.45, 7) is 0.654. The van der Waals surface area contributed by atoms with Crippen molar-refractivity contribution >= 4 is 17.2 Å². The molecule has 2 aromatic heterocycles. The number of rotatable bonds is 2. The van der Waals surface area contributed by atoms with Crippen LogP contribution in [0.4, 0.5) is 10.2 Å². The number of fused-ring (bicyclic) bond motifs is 1. The van der Waals surface area contributed by atoms with Gasteiger partial charge in [-0.1, -0.05) is 12.1 Å². The molecule has 0 amide bonds. The van der Waals surface area contributed by atoms with Crippen molar-refractivity contribution in [3.63, 3.8) is 0 Å². The molecule has 1 aromatic carbocycles. The van der Waals surface area contributed by atoms with Crippen LogP contribution in [0.5, 0.6) is 0 Å². The number of nitrogens with two attached hydrogens (primary N) is 1. The summed E-state index contributed by atoms with van der Waals surface area (Å²) in [5.41, 5.74) is 8.43. The van der Waals surface area contributed by atoms with Gasteiger partial charge in [-0.25, -0.2) is 9.37 Å². The van der Waals surface area contributed by atoms with Crippen LogP contribution in [-0.4, -0.2) is 21.2 Å². The minimum absolute atomic E-state index is 0.270. The van der Waals surface area contributed by atoms with E-state index in [2.05, 4.69) is 10.1 Å². The minimum atomic E-state index is -0.270. The lowest BCUT2D eigenvalue weighted by molar-refractivity contribution is 0.305. The summed E-state index contributed by atoms with van der Waals surface area (Å²) < 4.78 is 20.1. The molecule has 6 heteroatoms. The molecule has 0 unspecified atom stereocenters. The summed E-state index contributed by atoms with van der Waals surface area (Å²) in [6.07, 6.45) is 2.83. The maximum absolute atomic E-state index is 13.0. The van der Waals surface area contributed by atoms with Gasteiger partial charge in [0.2, 0.25) is 5.82 Å². The number of halogens is 1. The maximum Gasteiger partial charge on any atom is 0.217 e. The quantitative estimate of drug-likeness (QED) is 0.789. The van der Waals surface area contributed by atoms with Crippen LogP contribution in [0.25, 0.3) is 22.5 Å². The van der Waals surface area contributed by atoms with E-state index in [1.807, 2.05) is 12.1 Å². The summed E-state index contributed by atoms with van der Waals surface area (Å²) in [5.74, 6) is 1.41. The Labute approximate surface area is 125 Å². The van der Waals surface area contributed by atoms with E-state index in [1.54, 1.807) is 22.7 Å². The van der Waals surface area contributed by atoms with Gasteiger partial charge in [0.1, 0.15) is 11.6 Å². The largest absolute Gasteiger partial charge is 0.490 e. The van der Waals surface area contributed by atoms with Gasteiger partial charge < -0.3 is 10.5 Å². The van der Waals surface area contributed by atoms with Crippen molar-refractivity contribution in [2.75, 3.05) is 12.3 Å². The highest BCUT2D eigenvalue weighted by Gasteiger charge is 2.16. The Bertz CT molecular complexity index is 883. The zero-order chi connectivity index (χ0) is 15.1. The van der Waals surface area contributed by atoms with Crippen LogP contribution in [0.2, 0.25) is 0 Å². The Kier molecular flexibility index (Phi) is 2.82. The maximum atomic E-state index is 13.0. The van der Waals surface area contributed by atoms with Gasteiger partial charge in [0.05, 0.1) is 6.61 Å². The Hall–Kier alpha value is -2.89. The zero-order valence-electron chi connectivity index (χ0n) is 11.7. The predicted molar refractivity (Wildman–Crippen MR) is 81.3 cm³/mol. The number of hydrogen-bond acceptors (Lipinski definition) is 4. The minimum Gasteiger partial charge on any atom is -0.490 e. The number of nitrogen functional groups attached to an aromatic ring is 1. The Balaban J connectivity index is 1.83. The molecule has 0 radical (unpaired) electrons. The van der Waals surface area contributed by atoms with Crippen molar-refractivity contribution in [2.24, 2.45) is 0 Å². The van der Waals surface area contributed by atoms with Crippen LogP contribution < -0.4 is 5.73 Å². The lowest BCUT2D eigenvalue weighted by Crippen LogP contribution is -1.99. The first kappa shape index (κ1) is 12.8. The Morgan fingerprint density at radius 2 is 1.95 bits per heavy atom. The third kappa shape index (κ3) is 2.09. The molecule has 110 valence electrons. The summed E-state index contributed by atoms with van der Waals surface area (Å²) in [7, 11) is 0. The highest BCUT2D eigenvalue weighted by molar-refractivity contribution is 5.71. The predicted octanol–water partition coefficient (Wildman–Crippen LogP) is 2.88. The molecule has 5 nitrogen and oxygen atoms in total. The number of aromatic nitrogens is 3. The molecule has 0 atom stereocenters. The van der Waals surface area contributed by atoms with Gasteiger partial charge in [-0.3, -0.25) is 0 Å². The molecule has 22 heavy (non-hydrogen) atoms.